The van der Waals surface area contributed by atoms with Crippen molar-refractivity contribution < 1.29 is 14.3 Å². The number of amides is 1. The number of furan rings is 1. The van der Waals surface area contributed by atoms with Gasteiger partial charge in [0.2, 0.25) is 0 Å². The summed E-state index contributed by atoms with van der Waals surface area (Å²) in [6, 6.07) is 0. The lowest BCUT2D eigenvalue weighted by molar-refractivity contribution is 0.0748. The van der Waals surface area contributed by atoms with Crippen LogP contribution in [0, 0.1) is 12.3 Å². The standard InChI is InChI=1S/C16H23NO3/c1-10-13-11(18)8-16(2,3)9-12(13)20-14(10)15(19)17-6-4-5-7-17/h11,18H,4-9H2,1-3H3. The van der Waals surface area contributed by atoms with Crippen molar-refractivity contribution in [3.8, 4) is 0 Å². The highest BCUT2D eigenvalue weighted by Crippen LogP contribution is 2.44. The first-order valence-electron chi connectivity index (χ1n) is 7.48. The van der Waals surface area contributed by atoms with Gasteiger partial charge in [-0.05, 0) is 31.6 Å². The summed E-state index contributed by atoms with van der Waals surface area (Å²) in [5, 5.41) is 10.4. The topological polar surface area (TPSA) is 53.7 Å². The van der Waals surface area contributed by atoms with Gasteiger partial charge >= 0.3 is 0 Å². The van der Waals surface area contributed by atoms with E-state index in [1.54, 1.807) is 0 Å². The molecule has 0 radical (unpaired) electrons. The van der Waals surface area contributed by atoms with Crippen molar-refractivity contribution in [3.63, 3.8) is 0 Å². The Kier molecular flexibility index (Phi) is 3.16. The van der Waals surface area contributed by atoms with E-state index in [9.17, 15) is 9.90 Å². The van der Waals surface area contributed by atoms with Crippen LogP contribution in [0.1, 0.15) is 66.7 Å². The van der Waals surface area contributed by atoms with Crippen LogP contribution in [-0.2, 0) is 6.42 Å². The zero-order valence-corrected chi connectivity index (χ0v) is 12.5. The van der Waals surface area contributed by atoms with E-state index in [-0.39, 0.29) is 11.3 Å². The van der Waals surface area contributed by atoms with Gasteiger partial charge in [-0.2, -0.15) is 0 Å². The number of aliphatic hydroxyl groups excluding tert-OH is 1. The first kappa shape index (κ1) is 13.7. The number of nitrogens with zero attached hydrogens (tertiary/aromatic N) is 1. The molecule has 110 valence electrons. The smallest absolute Gasteiger partial charge is 0.289 e. The minimum Gasteiger partial charge on any atom is -0.455 e. The minimum absolute atomic E-state index is 0.0144. The molecule has 1 unspecified atom stereocenters. The third-order valence-corrected chi connectivity index (χ3v) is 4.58. The fraction of sp³-hybridized carbons (Fsp3) is 0.688. The van der Waals surface area contributed by atoms with Gasteiger partial charge in [0.15, 0.2) is 5.76 Å². The molecule has 1 aromatic heterocycles. The summed E-state index contributed by atoms with van der Waals surface area (Å²) in [7, 11) is 0. The Hall–Kier alpha value is -1.29. The van der Waals surface area contributed by atoms with Crippen molar-refractivity contribution >= 4 is 5.91 Å². The van der Waals surface area contributed by atoms with Crippen LogP contribution in [-0.4, -0.2) is 29.0 Å². The molecule has 1 saturated heterocycles. The summed E-state index contributed by atoms with van der Waals surface area (Å²) in [5.74, 6) is 1.22. The van der Waals surface area contributed by atoms with E-state index in [1.165, 1.54) is 0 Å². The Morgan fingerprint density at radius 1 is 1.35 bits per heavy atom. The second-order valence-corrected chi connectivity index (χ2v) is 6.95. The van der Waals surface area contributed by atoms with E-state index in [2.05, 4.69) is 13.8 Å². The first-order valence-corrected chi connectivity index (χ1v) is 7.48. The van der Waals surface area contributed by atoms with E-state index < -0.39 is 6.10 Å². The van der Waals surface area contributed by atoms with E-state index in [0.29, 0.717) is 5.76 Å². The lowest BCUT2D eigenvalue weighted by atomic mass is 9.75. The van der Waals surface area contributed by atoms with Crippen molar-refractivity contribution in [2.24, 2.45) is 5.41 Å². The maximum atomic E-state index is 12.5. The SMILES string of the molecule is Cc1c(C(=O)N2CCCC2)oc2c1C(O)CC(C)(C)C2. The quantitative estimate of drug-likeness (QED) is 0.858. The molecule has 1 atom stereocenters. The highest BCUT2D eigenvalue weighted by atomic mass is 16.4. The molecule has 1 N–H and O–H groups in total. The number of aliphatic hydroxyl groups is 1. The molecule has 0 bridgehead atoms. The van der Waals surface area contributed by atoms with Gasteiger partial charge in [-0.3, -0.25) is 4.79 Å². The summed E-state index contributed by atoms with van der Waals surface area (Å²) in [6.07, 6.45) is 3.13. The van der Waals surface area contributed by atoms with Crippen molar-refractivity contribution in [2.75, 3.05) is 13.1 Å². The maximum Gasteiger partial charge on any atom is 0.289 e. The van der Waals surface area contributed by atoms with Crippen LogP contribution in [0.25, 0.3) is 0 Å². The van der Waals surface area contributed by atoms with Gasteiger partial charge in [0.25, 0.3) is 5.91 Å². The Labute approximate surface area is 119 Å². The third kappa shape index (κ3) is 2.16. The van der Waals surface area contributed by atoms with Gasteiger partial charge in [-0.15, -0.1) is 0 Å². The van der Waals surface area contributed by atoms with Crippen LogP contribution < -0.4 is 0 Å². The molecule has 0 aromatic carbocycles. The number of carbonyl (C=O) groups excluding carboxylic acids is 1. The highest BCUT2D eigenvalue weighted by Gasteiger charge is 2.38. The summed E-state index contributed by atoms with van der Waals surface area (Å²) in [4.78, 5) is 14.4. The number of fused-ring (bicyclic) bond motifs is 1. The van der Waals surface area contributed by atoms with Gasteiger partial charge in [0, 0.05) is 30.6 Å². The largest absolute Gasteiger partial charge is 0.455 e. The summed E-state index contributed by atoms with van der Waals surface area (Å²) < 4.78 is 5.87. The van der Waals surface area contributed by atoms with Crippen LogP contribution in [0.5, 0.6) is 0 Å². The fourth-order valence-corrected chi connectivity index (χ4v) is 3.55. The Balaban J connectivity index is 1.97. The van der Waals surface area contributed by atoms with Crippen LogP contribution in [0.15, 0.2) is 4.42 Å². The molecular formula is C16H23NO3. The van der Waals surface area contributed by atoms with Crippen LogP contribution in [0.2, 0.25) is 0 Å². The second-order valence-electron chi connectivity index (χ2n) is 6.95. The van der Waals surface area contributed by atoms with Crippen LogP contribution >= 0.6 is 0 Å². The third-order valence-electron chi connectivity index (χ3n) is 4.58. The van der Waals surface area contributed by atoms with Crippen LogP contribution in [0.3, 0.4) is 0 Å². The van der Waals surface area contributed by atoms with Gasteiger partial charge < -0.3 is 14.4 Å². The lowest BCUT2D eigenvalue weighted by Gasteiger charge is -2.31. The Bertz CT molecular complexity index is 538. The fourth-order valence-electron chi connectivity index (χ4n) is 3.55. The average Bonchev–Trinajstić information content (AvgIpc) is 2.94. The predicted molar refractivity (Wildman–Crippen MR) is 75.6 cm³/mol. The summed E-state index contributed by atoms with van der Waals surface area (Å²) >= 11 is 0. The van der Waals surface area contributed by atoms with Crippen molar-refractivity contribution in [1.82, 2.24) is 4.90 Å². The number of likely N-dealkylation sites (tertiary alicyclic amines) is 1. The van der Waals surface area contributed by atoms with E-state index in [0.717, 1.165) is 55.7 Å². The molecule has 1 aliphatic carbocycles. The van der Waals surface area contributed by atoms with Crippen LogP contribution in [0.4, 0.5) is 0 Å². The molecule has 0 saturated carbocycles. The molecule has 1 amide bonds. The zero-order chi connectivity index (χ0) is 14.5. The molecule has 3 rings (SSSR count). The van der Waals surface area contributed by atoms with Crippen molar-refractivity contribution in [1.29, 1.82) is 0 Å². The number of carbonyl (C=O) groups is 1. The predicted octanol–water partition coefficient (Wildman–Crippen LogP) is 2.83. The molecule has 1 aromatic rings. The monoisotopic (exact) mass is 277 g/mol. The molecule has 4 heteroatoms. The average molecular weight is 277 g/mol. The molecule has 1 aliphatic heterocycles. The second kappa shape index (κ2) is 4.62. The minimum atomic E-state index is -0.516. The summed E-state index contributed by atoms with van der Waals surface area (Å²) in [6.45, 7) is 7.78. The molecule has 4 nitrogen and oxygen atoms in total. The highest BCUT2D eigenvalue weighted by molar-refractivity contribution is 5.93. The molecule has 20 heavy (non-hydrogen) atoms. The maximum absolute atomic E-state index is 12.5. The number of hydrogen-bond donors (Lipinski definition) is 1. The van der Waals surface area contributed by atoms with Crippen molar-refractivity contribution in [2.45, 2.75) is 52.6 Å². The Morgan fingerprint density at radius 3 is 2.65 bits per heavy atom. The van der Waals surface area contributed by atoms with Gasteiger partial charge in [0.05, 0.1) is 6.10 Å². The number of rotatable bonds is 1. The lowest BCUT2D eigenvalue weighted by Crippen LogP contribution is -2.27. The molecular weight excluding hydrogens is 254 g/mol. The van der Waals surface area contributed by atoms with Gasteiger partial charge in [-0.1, -0.05) is 13.8 Å². The Morgan fingerprint density at radius 2 is 2.00 bits per heavy atom. The summed E-state index contributed by atoms with van der Waals surface area (Å²) in [5.41, 5.74) is 1.71. The first-order chi connectivity index (χ1) is 9.39. The van der Waals surface area contributed by atoms with E-state index in [1.807, 2.05) is 11.8 Å². The van der Waals surface area contributed by atoms with Gasteiger partial charge in [-0.25, -0.2) is 0 Å². The van der Waals surface area contributed by atoms with E-state index in [4.69, 9.17) is 4.42 Å². The van der Waals surface area contributed by atoms with Gasteiger partial charge in [0.1, 0.15) is 5.76 Å². The van der Waals surface area contributed by atoms with Crippen molar-refractivity contribution in [3.05, 3.63) is 22.6 Å². The number of hydrogen-bond acceptors (Lipinski definition) is 3. The molecule has 2 aliphatic rings. The molecule has 1 fully saturated rings. The van der Waals surface area contributed by atoms with E-state index >= 15 is 0 Å². The molecule has 0 spiro atoms. The zero-order valence-electron chi connectivity index (χ0n) is 12.5. The normalized spacial score (nSPS) is 24.8. The molecule has 2 heterocycles.